The average Bonchev–Trinajstić information content (AvgIpc) is 3.41. The third-order valence-corrected chi connectivity index (χ3v) is 12.0. The smallest absolute Gasteiger partial charge is 0.306 e. The van der Waals surface area contributed by atoms with Gasteiger partial charge < -0.3 is 14.2 Å². The minimum Gasteiger partial charge on any atom is -0.462 e. The molecule has 0 saturated carbocycles. The highest BCUT2D eigenvalue weighted by Crippen LogP contribution is 2.13. The topological polar surface area (TPSA) is 78.9 Å². The Balaban J connectivity index is 4.47. The van der Waals surface area contributed by atoms with Crippen molar-refractivity contribution in [1.82, 2.24) is 0 Å². The van der Waals surface area contributed by atoms with Crippen molar-refractivity contribution in [3.05, 3.63) is 158 Å². The minimum atomic E-state index is -0.822. The fourth-order valence-electron chi connectivity index (χ4n) is 7.48. The number of esters is 3. The molecule has 6 heteroatoms. The van der Waals surface area contributed by atoms with Gasteiger partial charge in [0.1, 0.15) is 13.2 Å². The van der Waals surface area contributed by atoms with E-state index in [2.05, 4.69) is 179 Å². The first kappa shape index (κ1) is 70.0. The highest BCUT2D eigenvalue weighted by atomic mass is 16.6. The number of hydrogen-bond acceptors (Lipinski definition) is 6. The molecular formula is C69H108O6. The van der Waals surface area contributed by atoms with E-state index in [1.54, 1.807) is 0 Å². The van der Waals surface area contributed by atoms with Crippen LogP contribution in [0.2, 0.25) is 0 Å². The maximum atomic E-state index is 12.8. The Bertz CT molecular complexity index is 1710. The lowest BCUT2D eigenvalue weighted by molar-refractivity contribution is -0.167. The molecule has 0 heterocycles. The van der Waals surface area contributed by atoms with Gasteiger partial charge in [-0.25, -0.2) is 0 Å². The fraction of sp³-hybridized carbons (Fsp3) is 0.580. The Kier molecular flexibility index (Phi) is 57.5. The van der Waals surface area contributed by atoms with Crippen molar-refractivity contribution in [2.45, 2.75) is 245 Å². The summed E-state index contributed by atoms with van der Waals surface area (Å²) in [7, 11) is 0. The quantitative estimate of drug-likeness (QED) is 0.0261. The predicted octanol–water partition coefficient (Wildman–Crippen LogP) is 20.5. The van der Waals surface area contributed by atoms with Crippen molar-refractivity contribution in [2.75, 3.05) is 13.2 Å². The molecule has 0 saturated heterocycles. The Morgan fingerprint density at radius 1 is 0.280 bits per heavy atom. The van der Waals surface area contributed by atoms with Crippen molar-refractivity contribution < 1.29 is 28.6 Å². The van der Waals surface area contributed by atoms with Gasteiger partial charge in [-0.2, -0.15) is 0 Å². The Morgan fingerprint density at radius 2 is 0.533 bits per heavy atom. The molecule has 0 amide bonds. The molecule has 0 aliphatic rings. The fourth-order valence-corrected chi connectivity index (χ4v) is 7.48. The number of unbranched alkanes of at least 4 members (excludes halogenated alkanes) is 15. The summed E-state index contributed by atoms with van der Waals surface area (Å²) >= 11 is 0. The summed E-state index contributed by atoms with van der Waals surface area (Å²) < 4.78 is 16.8. The van der Waals surface area contributed by atoms with E-state index in [-0.39, 0.29) is 44.0 Å². The normalized spacial score (nSPS) is 13.3. The maximum Gasteiger partial charge on any atom is 0.306 e. The summed E-state index contributed by atoms with van der Waals surface area (Å²) in [5.74, 6) is -1.01. The third kappa shape index (κ3) is 59.8. The van der Waals surface area contributed by atoms with Gasteiger partial charge in [-0.3, -0.25) is 14.4 Å². The maximum absolute atomic E-state index is 12.8. The van der Waals surface area contributed by atoms with Crippen LogP contribution in [0.5, 0.6) is 0 Å². The van der Waals surface area contributed by atoms with Crippen molar-refractivity contribution in [2.24, 2.45) is 0 Å². The largest absolute Gasteiger partial charge is 0.462 e. The zero-order valence-corrected chi connectivity index (χ0v) is 48.0. The molecule has 0 fully saturated rings. The van der Waals surface area contributed by atoms with Gasteiger partial charge in [0.25, 0.3) is 0 Å². The molecule has 0 aromatic rings. The van der Waals surface area contributed by atoms with Crippen LogP contribution >= 0.6 is 0 Å². The lowest BCUT2D eigenvalue weighted by Crippen LogP contribution is -2.30. The standard InChI is InChI=1S/C69H108O6/c1-4-7-10-13-16-19-22-25-28-29-30-31-32-33-34-35-36-37-38-39-40-41-42-45-47-50-53-56-59-62-68(71)74-65-66(75-69(72)63-60-57-54-51-48-44-27-24-21-18-15-12-9-6-3)64-73-67(70)61-58-55-52-49-46-43-26-23-20-17-14-11-8-5-2/h7,10,14-19,23-28,30-31,33-34,36-37,39-40,42,45,50,53,66H,4-6,8-9,11-13,20-22,29,32,35,38,41,43-44,46-49,51-52,54-65H2,1-3H3/b10-7-,17-14-,18-15-,19-16-,26-23-,27-24-,28-25-,31-30-,34-33-,37-36-,40-39-,45-42-,53-50-. The molecule has 1 unspecified atom stereocenters. The van der Waals surface area contributed by atoms with Crippen molar-refractivity contribution in [3.8, 4) is 0 Å². The van der Waals surface area contributed by atoms with Crippen LogP contribution in [0.4, 0.5) is 0 Å². The Hall–Kier alpha value is -4.97. The summed E-state index contributed by atoms with van der Waals surface area (Å²) in [6.45, 7) is 6.35. The Labute approximate surface area is 460 Å². The molecule has 0 rings (SSSR count). The van der Waals surface area contributed by atoms with E-state index in [9.17, 15) is 14.4 Å². The monoisotopic (exact) mass is 1030 g/mol. The van der Waals surface area contributed by atoms with Crippen LogP contribution in [0.3, 0.4) is 0 Å². The SMILES string of the molecule is CC/C=C\C/C=C\C/C=C\C/C=C\C/C=C\C/C=C\C/C=C\C/C=C\C/C=C\CCCC(=O)OCC(COC(=O)CCCCCCC/C=C\C/C=C\CCCC)OC(=O)CCCCCCC/C=C\C/C=C\CCCC. The highest BCUT2D eigenvalue weighted by molar-refractivity contribution is 5.71. The zero-order chi connectivity index (χ0) is 54.3. The highest BCUT2D eigenvalue weighted by Gasteiger charge is 2.19. The van der Waals surface area contributed by atoms with Gasteiger partial charge in [0.2, 0.25) is 0 Å². The van der Waals surface area contributed by atoms with Crippen molar-refractivity contribution in [1.29, 1.82) is 0 Å². The van der Waals surface area contributed by atoms with Gasteiger partial charge >= 0.3 is 17.9 Å². The molecule has 1 atom stereocenters. The molecule has 0 radical (unpaired) electrons. The summed E-state index contributed by atoms with van der Waals surface area (Å²) in [4.78, 5) is 38.1. The molecule has 0 N–H and O–H groups in total. The van der Waals surface area contributed by atoms with Gasteiger partial charge in [-0.05, 0) is 135 Å². The first-order valence-corrected chi connectivity index (χ1v) is 30.0. The molecule has 75 heavy (non-hydrogen) atoms. The van der Waals surface area contributed by atoms with E-state index < -0.39 is 6.10 Å². The third-order valence-electron chi connectivity index (χ3n) is 12.0. The lowest BCUT2D eigenvalue weighted by atomic mass is 10.1. The van der Waals surface area contributed by atoms with Crippen LogP contribution < -0.4 is 0 Å². The van der Waals surface area contributed by atoms with Gasteiger partial charge in [-0.15, -0.1) is 0 Å². The lowest BCUT2D eigenvalue weighted by Gasteiger charge is -2.18. The second-order valence-electron chi connectivity index (χ2n) is 19.2. The van der Waals surface area contributed by atoms with Gasteiger partial charge in [0.15, 0.2) is 6.10 Å². The van der Waals surface area contributed by atoms with E-state index in [0.717, 1.165) is 154 Å². The summed E-state index contributed by atoms with van der Waals surface area (Å²) in [5, 5.41) is 0. The number of carbonyl (C=O) groups is 3. The second kappa shape index (κ2) is 61.6. The number of carbonyl (C=O) groups excluding carboxylic acids is 3. The number of rotatable bonds is 52. The number of hydrogen-bond donors (Lipinski definition) is 0. The van der Waals surface area contributed by atoms with Crippen LogP contribution in [0.25, 0.3) is 0 Å². The van der Waals surface area contributed by atoms with Crippen LogP contribution in [0.1, 0.15) is 239 Å². The molecule has 0 bridgehead atoms. The molecule has 0 spiro atoms. The van der Waals surface area contributed by atoms with Gasteiger partial charge in [-0.1, -0.05) is 243 Å². The van der Waals surface area contributed by atoms with E-state index in [4.69, 9.17) is 14.2 Å². The second-order valence-corrected chi connectivity index (χ2v) is 19.2. The molecular weight excluding hydrogens is 925 g/mol. The summed E-state index contributed by atoms with van der Waals surface area (Å²) in [5.41, 5.74) is 0. The molecule has 6 nitrogen and oxygen atoms in total. The van der Waals surface area contributed by atoms with Gasteiger partial charge in [0.05, 0.1) is 0 Å². The van der Waals surface area contributed by atoms with Crippen LogP contribution in [0.15, 0.2) is 158 Å². The van der Waals surface area contributed by atoms with Gasteiger partial charge in [0, 0.05) is 19.3 Å². The van der Waals surface area contributed by atoms with E-state index >= 15 is 0 Å². The molecule has 420 valence electrons. The molecule has 0 aromatic carbocycles. The first-order chi connectivity index (χ1) is 37.0. The van der Waals surface area contributed by atoms with E-state index in [0.29, 0.717) is 12.8 Å². The predicted molar refractivity (Wildman–Crippen MR) is 325 cm³/mol. The average molecular weight is 1030 g/mol. The summed E-state index contributed by atoms with van der Waals surface area (Å²) in [6, 6.07) is 0. The minimum absolute atomic E-state index is 0.116. The van der Waals surface area contributed by atoms with Crippen LogP contribution in [-0.2, 0) is 28.6 Å². The molecule has 0 aromatic heterocycles. The van der Waals surface area contributed by atoms with E-state index in [1.165, 1.54) is 38.5 Å². The number of allylic oxidation sites excluding steroid dienone is 26. The summed E-state index contributed by atoms with van der Waals surface area (Å²) in [6.07, 6.45) is 89.6. The van der Waals surface area contributed by atoms with Crippen molar-refractivity contribution in [3.63, 3.8) is 0 Å². The first-order valence-electron chi connectivity index (χ1n) is 30.0. The Morgan fingerprint density at radius 3 is 0.867 bits per heavy atom. The van der Waals surface area contributed by atoms with E-state index in [1.807, 2.05) is 0 Å². The molecule has 0 aliphatic carbocycles. The van der Waals surface area contributed by atoms with Crippen molar-refractivity contribution >= 4 is 17.9 Å². The number of ether oxygens (including phenoxy) is 3. The molecule has 0 aliphatic heterocycles. The van der Waals surface area contributed by atoms with Crippen LogP contribution in [-0.4, -0.2) is 37.2 Å². The van der Waals surface area contributed by atoms with Crippen LogP contribution in [0, 0.1) is 0 Å². The zero-order valence-electron chi connectivity index (χ0n) is 48.0.